The monoisotopic (exact) mass is 473 g/mol. The lowest BCUT2D eigenvalue weighted by Gasteiger charge is -2.30. The van der Waals surface area contributed by atoms with Crippen molar-refractivity contribution in [3.8, 4) is 16.9 Å². The second kappa shape index (κ2) is 11.4. The van der Waals surface area contributed by atoms with Crippen LogP contribution in [0.5, 0.6) is 5.75 Å². The summed E-state index contributed by atoms with van der Waals surface area (Å²) >= 11 is 0. The van der Waals surface area contributed by atoms with E-state index in [1.165, 1.54) is 31.4 Å². The Kier molecular flexibility index (Phi) is 8.58. The lowest BCUT2D eigenvalue weighted by molar-refractivity contribution is -0.127. The van der Waals surface area contributed by atoms with Crippen molar-refractivity contribution in [2.24, 2.45) is 17.8 Å². The molecule has 6 nitrogen and oxygen atoms in total. The highest BCUT2D eigenvalue weighted by Crippen LogP contribution is 2.34. The van der Waals surface area contributed by atoms with Gasteiger partial charge in [-0.25, -0.2) is 13.8 Å². The molecule has 0 bridgehead atoms. The molecule has 2 amide bonds. The summed E-state index contributed by atoms with van der Waals surface area (Å²) in [6.45, 7) is 6.11. The lowest BCUT2D eigenvalue weighted by atomic mass is 9.84. The van der Waals surface area contributed by atoms with Crippen LogP contribution in [-0.4, -0.2) is 29.9 Å². The molecule has 1 fully saturated rings. The molecule has 34 heavy (non-hydrogen) atoms. The highest BCUT2D eigenvalue weighted by molar-refractivity contribution is 5.92. The number of carbonyl (C=O) groups excluding carboxylic acids is 2. The standard InChI is InChI=1S/C26H33F2N3O3/c1-15(2)10-16(3)25(32)30-19-7-5-6-17(11-19)26(33)31-24-13-21(22(28)14-29-24)20-9-8-18(27)12-23(20)34-4/h8-9,12-17,19H,5-7,10-11H2,1-4H3,(H,30,32)(H,29,31,33)/t16-,17+,19-/m1/s1. The first-order valence-corrected chi connectivity index (χ1v) is 11.8. The molecule has 184 valence electrons. The van der Waals surface area contributed by atoms with Crippen molar-refractivity contribution in [1.29, 1.82) is 0 Å². The predicted molar refractivity (Wildman–Crippen MR) is 127 cm³/mol. The summed E-state index contributed by atoms with van der Waals surface area (Å²) in [6, 6.07) is 5.18. The van der Waals surface area contributed by atoms with Gasteiger partial charge in [-0.15, -0.1) is 0 Å². The fourth-order valence-electron chi connectivity index (χ4n) is 4.55. The molecule has 1 aromatic carbocycles. The number of rotatable bonds is 8. The molecule has 0 radical (unpaired) electrons. The minimum atomic E-state index is -0.612. The van der Waals surface area contributed by atoms with Gasteiger partial charge in [0, 0.05) is 35.1 Å². The number of aromatic nitrogens is 1. The average molecular weight is 474 g/mol. The van der Waals surface area contributed by atoms with Crippen molar-refractivity contribution in [2.75, 3.05) is 12.4 Å². The van der Waals surface area contributed by atoms with Gasteiger partial charge in [0.15, 0.2) is 0 Å². The number of methoxy groups -OCH3 is 1. The maximum atomic E-state index is 14.5. The van der Waals surface area contributed by atoms with Crippen LogP contribution < -0.4 is 15.4 Å². The average Bonchev–Trinajstić information content (AvgIpc) is 2.80. The van der Waals surface area contributed by atoms with Crippen molar-refractivity contribution < 1.29 is 23.1 Å². The van der Waals surface area contributed by atoms with Gasteiger partial charge in [0.25, 0.3) is 0 Å². The smallest absolute Gasteiger partial charge is 0.228 e. The summed E-state index contributed by atoms with van der Waals surface area (Å²) in [5.41, 5.74) is 0.505. The zero-order valence-electron chi connectivity index (χ0n) is 20.2. The number of carbonyl (C=O) groups is 2. The highest BCUT2D eigenvalue weighted by Gasteiger charge is 2.29. The number of anilines is 1. The van der Waals surface area contributed by atoms with Gasteiger partial charge in [-0.1, -0.05) is 27.2 Å². The van der Waals surface area contributed by atoms with Crippen LogP contribution in [0.2, 0.25) is 0 Å². The Morgan fingerprint density at radius 2 is 1.91 bits per heavy atom. The zero-order chi connectivity index (χ0) is 24.8. The van der Waals surface area contributed by atoms with Gasteiger partial charge in [-0.05, 0) is 49.8 Å². The number of pyridine rings is 1. The predicted octanol–water partition coefficient (Wildman–Crippen LogP) is 5.33. The van der Waals surface area contributed by atoms with Gasteiger partial charge in [0.2, 0.25) is 11.8 Å². The molecule has 2 aromatic rings. The summed E-state index contributed by atoms with van der Waals surface area (Å²) in [6.07, 6.45) is 4.77. The van der Waals surface area contributed by atoms with E-state index < -0.39 is 11.6 Å². The number of hydrogen-bond donors (Lipinski definition) is 2. The van der Waals surface area contributed by atoms with Gasteiger partial charge >= 0.3 is 0 Å². The Labute approximate surface area is 199 Å². The summed E-state index contributed by atoms with van der Waals surface area (Å²) < 4.78 is 33.2. The number of nitrogens with one attached hydrogen (secondary N) is 2. The third kappa shape index (κ3) is 6.52. The lowest BCUT2D eigenvalue weighted by Crippen LogP contribution is -2.43. The molecule has 1 saturated carbocycles. The number of ether oxygens (including phenoxy) is 1. The van der Waals surface area contributed by atoms with Gasteiger partial charge in [0.1, 0.15) is 23.2 Å². The normalized spacial score (nSPS) is 18.9. The quantitative estimate of drug-likeness (QED) is 0.543. The number of hydrogen-bond acceptors (Lipinski definition) is 4. The SMILES string of the molecule is COc1cc(F)ccc1-c1cc(NC(=O)[C@H]2CCC[C@@H](NC(=O)[C@H](C)CC(C)C)C2)ncc1F. The third-order valence-corrected chi connectivity index (χ3v) is 6.22. The van der Waals surface area contributed by atoms with Crippen molar-refractivity contribution in [2.45, 2.75) is 58.9 Å². The van der Waals surface area contributed by atoms with Crippen LogP contribution in [0.3, 0.4) is 0 Å². The molecular weight excluding hydrogens is 440 g/mol. The summed E-state index contributed by atoms with van der Waals surface area (Å²) in [7, 11) is 1.38. The molecule has 0 saturated heterocycles. The minimum absolute atomic E-state index is 0.0258. The Balaban J connectivity index is 1.68. The minimum Gasteiger partial charge on any atom is -0.496 e. The molecule has 0 spiro atoms. The number of amides is 2. The summed E-state index contributed by atoms with van der Waals surface area (Å²) in [4.78, 5) is 29.4. The molecule has 1 aromatic heterocycles. The molecule has 8 heteroatoms. The number of benzene rings is 1. The maximum absolute atomic E-state index is 14.5. The first kappa shape index (κ1) is 25.6. The first-order valence-electron chi connectivity index (χ1n) is 11.8. The van der Waals surface area contributed by atoms with Crippen LogP contribution in [0.4, 0.5) is 14.6 Å². The number of nitrogens with zero attached hydrogens (tertiary/aromatic N) is 1. The molecule has 1 heterocycles. The van der Waals surface area contributed by atoms with Gasteiger partial charge in [0.05, 0.1) is 13.3 Å². The van der Waals surface area contributed by atoms with Gasteiger partial charge in [-0.3, -0.25) is 9.59 Å². The Morgan fingerprint density at radius 1 is 1.15 bits per heavy atom. The first-order chi connectivity index (χ1) is 16.2. The van der Waals surface area contributed by atoms with E-state index in [4.69, 9.17) is 4.74 Å². The molecule has 2 N–H and O–H groups in total. The fourth-order valence-corrected chi connectivity index (χ4v) is 4.55. The van der Waals surface area contributed by atoms with Crippen LogP contribution in [0.15, 0.2) is 30.5 Å². The topological polar surface area (TPSA) is 80.3 Å². The Bertz CT molecular complexity index is 1030. The Hall–Kier alpha value is -3.03. The third-order valence-electron chi connectivity index (χ3n) is 6.22. The van der Waals surface area contributed by atoms with E-state index >= 15 is 0 Å². The van der Waals surface area contributed by atoms with E-state index in [0.717, 1.165) is 25.5 Å². The zero-order valence-corrected chi connectivity index (χ0v) is 20.2. The van der Waals surface area contributed by atoms with E-state index in [-0.39, 0.29) is 46.8 Å². The molecule has 3 rings (SSSR count). The van der Waals surface area contributed by atoms with Crippen LogP contribution in [-0.2, 0) is 9.59 Å². The second-order valence-electron chi connectivity index (χ2n) is 9.48. The Morgan fingerprint density at radius 3 is 2.62 bits per heavy atom. The highest BCUT2D eigenvalue weighted by atomic mass is 19.1. The van der Waals surface area contributed by atoms with Gasteiger partial charge in [-0.2, -0.15) is 0 Å². The molecule has 3 atom stereocenters. The fraction of sp³-hybridized carbons (Fsp3) is 0.500. The van der Waals surface area contributed by atoms with Crippen LogP contribution >= 0.6 is 0 Å². The molecule has 0 unspecified atom stereocenters. The largest absolute Gasteiger partial charge is 0.496 e. The van der Waals surface area contributed by atoms with E-state index in [0.29, 0.717) is 24.3 Å². The molecule has 1 aliphatic carbocycles. The van der Waals surface area contributed by atoms with Crippen LogP contribution in [0, 0.1) is 29.4 Å². The van der Waals surface area contributed by atoms with Crippen LogP contribution in [0.25, 0.3) is 11.1 Å². The summed E-state index contributed by atoms with van der Waals surface area (Å²) in [5.74, 6) is -0.837. The van der Waals surface area contributed by atoms with Crippen LogP contribution in [0.1, 0.15) is 52.9 Å². The van der Waals surface area contributed by atoms with E-state index in [1.54, 1.807) is 0 Å². The van der Waals surface area contributed by atoms with E-state index in [1.807, 2.05) is 6.92 Å². The van der Waals surface area contributed by atoms with Crippen molar-refractivity contribution in [3.63, 3.8) is 0 Å². The maximum Gasteiger partial charge on any atom is 0.228 e. The molecular formula is C26H33F2N3O3. The van der Waals surface area contributed by atoms with Crippen molar-refractivity contribution >= 4 is 17.6 Å². The van der Waals surface area contributed by atoms with Crippen molar-refractivity contribution in [1.82, 2.24) is 10.3 Å². The summed E-state index contributed by atoms with van der Waals surface area (Å²) in [5, 5.41) is 5.88. The molecule has 1 aliphatic rings. The van der Waals surface area contributed by atoms with E-state index in [2.05, 4.69) is 29.5 Å². The second-order valence-corrected chi connectivity index (χ2v) is 9.48. The molecule has 0 aliphatic heterocycles. The van der Waals surface area contributed by atoms with Crippen molar-refractivity contribution in [3.05, 3.63) is 42.1 Å². The number of halogens is 2. The van der Waals surface area contributed by atoms with Gasteiger partial charge < -0.3 is 15.4 Å². The van der Waals surface area contributed by atoms with E-state index in [9.17, 15) is 18.4 Å².